The third-order valence-corrected chi connectivity index (χ3v) is 6.09. The van der Waals surface area contributed by atoms with Crippen LogP contribution >= 0.6 is 0 Å². The maximum atomic E-state index is 12.6. The van der Waals surface area contributed by atoms with Crippen LogP contribution in [0.2, 0.25) is 0 Å². The number of aromatic nitrogens is 4. The lowest BCUT2D eigenvalue weighted by Crippen LogP contribution is -2.41. The Morgan fingerprint density at radius 1 is 1.09 bits per heavy atom. The molecule has 0 fully saturated rings. The zero-order valence-electron chi connectivity index (χ0n) is 18.8. The van der Waals surface area contributed by atoms with Crippen LogP contribution in [0.5, 0.6) is 0 Å². The van der Waals surface area contributed by atoms with Gasteiger partial charge in [-0.1, -0.05) is 44.2 Å². The van der Waals surface area contributed by atoms with Crippen LogP contribution in [0.3, 0.4) is 0 Å². The third kappa shape index (κ3) is 3.44. The van der Waals surface area contributed by atoms with E-state index in [0.29, 0.717) is 23.5 Å². The van der Waals surface area contributed by atoms with Gasteiger partial charge in [-0.05, 0) is 36.1 Å². The van der Waals surface area contributed by atoms with Crippen molar-refractivity contribution >= 4 is 40.5 Å². The molecule has 8 heteroatoms. The van der Waals surface area contributed by atoms with Crippen LogP contribution in [0.25, 0.3) is 11.2 Å². The predicted molar refractivity (Wildman–Crippen MR) is 130 cm³/mol. The maximum absolute atomic E-state index is 12.6. The van der Waals surface area contributed by atoms with Crippen LogP contribution in [-0.4, -0.2) is 31.6 Å². The fourth-order valence-corrected chi connectivity index (χ4v) is 4.52. The lowest BCUT2D eigenvalue weighted by atomic mass is 9.93. The second-order valence-corrected chi connectivity index (χ2v) is 8.50. The van der Waals surface area contributed by atoms with Crippen LogP contribution in [0.1, 0.15) is 42.5 Å². The van der Waals surface area contributed by atoms with Gasteiger partial charge in [0.15, 0.2) is 11.5 Å². The van der Waals surface area contributed by atoms with Gasteiger partial charge in [0.1, 0.15) is 30.0 Å². The highest BCUT2D eigenvalue weighted by molar-refractivity contribution is 6.06. The summed E-state index contributed by atoms with van der Waals surface area (Å²) < 4.78 is 1.89. The number of hydrogen-bond acceptors (Lipinski definition) is 7. The Hall–Kier alpha value is -4.07. The number of nitrogen functional groups attached to an aromatic ring is 1. The molecule has 1 atom stereocenters. The van der Waals surface area contributed by atoms with E-state index in [2.05, 4.69) is 40.9 Å². The summed E-state index contributed by atoms with van der Waals surface area (Å²) >= 11 is 0. The number of anilines is 2. The second-order valence-electron chi connectivity index (χ2n) is 8.50. The van der Waals surface area contributed by atoms with Crippen molar-refractivity contribution in [3.05, 3.63) is 71.8 Å². The molecule has 33 heavy (non-hydrogen) atoms. The topological polar surface area (TPSA) is 102 Å². The quantitative estimate of drug-likeness (QED) is 0.464. The summed E-state index contributed by atoms with van der Waals surface area (Å²) in [4.78, 5) is 32.5. The van der Waals surface area contributed by atoms with E-state index >= 15 is 0 Å². The van der Waals surface area contributed by atoms with Crippen molar-refractivity contribution in [2.45, 2.75) is 39.3 Å². The second kappa shape index (κ2) is 8.12. The minimum absolute atomic E-state index is 0.273. The van der Waals surface area contributed by atoms with Crippen LogP contribution < -0.4 is 10.6 Å². The number of aryl methyl sites for hydroxylation is 1. The molecule has 0 saturated heterocycles. The monoisotopic (exact) mass is 439 g/mol. The molecule has 1 unspecified atom stereocenters. The lowest BCUT2D eigenvalue weighted by Gasteiger charge is -2.38. The molecule has 0 amide bonds. The number of amidine groups is 1. The van der Waals surface area contributed by atoms with E-state index in [1.165, 1.54) is 6.33 Å². The van der Waals surface area contributed by atoms with Gasteiger partial charge < -0.3 is 20.0 Å². The number of nitrogens with zero attached hydrogens (tertiary/aromatic N) is 6. The Kier molecular flexibility index (Phi) is 5.12. The number of nitrogens with two attached hydrogens (primary N) is 1. The van der Waals surface area contributed by atoms with Gasteiger partial charge in [-0.3, -0.25) is 0 Å². The average molecular weight is 440 g/mol. The zero-order valence-corrected chi connectivity index (χ0v) is 18.8. The smallest absolute Gasteiger partial charge is 0.165 e. The number of imidazole rings is 1. The summed E-state index contributed by atoms with van der Waals surface area (Å²) in [5.41, 5.74) is 12.0. The van der Waals surface area contributed by atoms with Gasteiger partial charge >= 0.3 is 0 Å². The van der Waals surface area contributed by atoms with Gasteiger partial charge in [-0.2, -0.15) is 0 Å². The molecule has 4 aromatic rings. The van der Waals surface area contributed by atoms with Crippen LogP contribution in [0, 0.1) is 6.92 Å². The van der Waals surface area contributed by atoms with Gasteiger partial charge in [0.25, 0.3) is 0 Å². The van der Waals surface area contributed by atoms with Crippen molar-refractivity contribution in [3.63, 3.8) is 0 Å². The first-order valence-corrected chi connectivity index (χ1v) is 10.9. The molecule has 0 spiro atoms. The van der Waals surface area contributed by atoms with Crippen LogP contribution in [0.4, 0.5) is 17.2 Å². The summed E-state index contributed by atoms with van der Waals surface area (Å²) in [6.07, 6.45) is 4.12. The van der Waals surface area contributed by atoms with Crippen molar-refractivity contribution in [3.8, 4) is 0 Å². The summed E-state index contributed by atoms with van der Waals surface area (Å²) in [7, 11) is 0. The van der Waals surface area contributed by atoms with Crippen molar-refractivity contribution < 1.29 is 4.79 Å². The van der Waals surface area contributed by atoms with Crippen molar-refractivity contribution in [1.29, 1.82) is 0 Å². The van der Waals surface area contributed by atoms with E-state index in [4.69, 9.17) is 10.7 Å². The highest BCUT2D eigenvalue weighted by Crippen LogP contribution is 2.41. The number of carbonyl (C=O) groups is 1. The molecule has 0 radical (unpaired) electrons. The van der Waals surface area contributed by atoms with Gasteiger partial charge in [0.2, 0.25) is 0 Å². The highest BCUT2D eigenvalue weighted by atomic mass is 16.1. The maximum Gasteiger partial charge on any atom is 0.165 e. The third-order valence-electron chi connectivity index (χ3n) is 6.09. The van der Waals surface area contributed by atoms with Crippen LogP contribution in [-0.2, 0) is 11.3 Å². The predicted octanol–water partition coefficient (Wildman–Crippen LogP) is 4.33. The number of para-hydroxylation sites is 1. The Labute approximate surface area is 191 Å². The first kappa shape index (κ1) is 20.8. The highest BCUT2D eigenvalue weighted by Gasteiger charge is 2.34. The Morgan fingerprint density at radius 3 is 2.70 bits per heavy atom. The van der Waals surface area contributed by atoms with Gasteiger partial charge in [0, 0.05) is 11.3 Å². The number of benzene rings is 2. The lowest BCUT2D eigenvalue weighted by molar-refractivity contribution is -0.108. The van der Waals surface area contributed by atoms with Gasteiger partial charge in [0.05, 0.1) is 18.6 Å². The molecule has 3 heterocycles. The molecule has 2 aromatic carbocycles. The molecule has 1 aliphatic rings. The molecule has 5 rings (SSSR count). The summed E-state index contributed by atoms with van der Waals surface area (Å²) in [6, 6.07) is 13.6. The number of aliphatic imine (C=N–C) groups is 1. The molecule has 166 valence electrons. The van der Waals surface area contributed by atoms with E-state index < -0.39 is 6.04 Å². The van der Waals surface area contributed by atoms with E-state index in [0.717, 1.165) is 40.2 Å². The van der Waals surface area contributed by atoms with Gasteiger partial charge in [-0.15, -0.1) is 0 Å². The molecular formula is C25H25N7O. The molecule has 8 nitrogen and oxygen atoms in total. The Morgan fingerprint density at radius 2 is 1.91 bits per heavy atom. The molecule has 1 aliphatic heterocycles. The molecule has 0 saturated carbocycles. The average Bonchev–Trinajstić information content (AvgIpc) is 3.22. The zero-order chi connectivity index (χ0) is 23.1. The SMILES string of the molecule is Cc1cccc2c1C(C=O)N(c1ccccc1C(C)C)C(Cn1cnc3c(N)ncnc31)=N2. The number of rotatable bonds is 5. The van der Waals surface area contributed by atoms with Crippen LogP contribution in [0.15, 0.2) is 60.1 Å². The summed E-state index contributed by atoms with van der Waals surface area (Å²) in [6.45, 7) is 6.69. The fraction of sp³-hybridized carbons (Fsp3) is 0.240. The standard InChI is InChI=1S/C25H25N7O/c1-15(2)17-8-4-5-10-19(17)32-20(12-33)22-16(3)7-6-9-18(22)30-21(32)11-31-14-29-23-24(26)27-13-28-25(23)31/h4-10,12-15,20H,11H2,1-3H3,(H2,26,27,28). The Bertz CT molecular complexity index is 1390. The number of aldehydes is 1. The molecule has 0 bridgehead atoms. The molecule has 2 aromatic heterocycles. The summed E-state index contributed by atoms with van der Waals surface area (Å²) in [5.74, 6) is 1.34. The number of fused-ring (bicyclic) bond motifs is 2. The van der Waals surface area contributed by atoms with E-state index in [1.807, 2.05) is 46.7 Å². The van der Waals surface area contributed by atoms with E-state index in [-0.39, 0.29) is 5.92 Å². The Balaban J connectivity index is 1.72. The molecule has 0 aliphatic carbocycles. The van der Waals surface area contributed by atoms with Crippen molar-refractivity contribution in [2.24, 2.45) is 4.99 Å². The first-order chi connectivity index (χ1) is 16.0. The van der Waals surface area contributed by atoms with Gasteiger partial charge in [-0.25, -0.2) is 19.9 Å². The van der Waals surface area contributed by atoms with Crippen molar-refractivity contribution in [1.82, 2.24) is 19.5 Å². The molecule has 2 N–H and O–H groups in total. The fourth-order valence-electron chi connectivity index (χ4n) is 4.52. The normalized spacial score (nSPS) is 15.6. The minimum Gasteiger partial charge on any atom is -0.382 e. The first-order valence-electron chi connectivity index (χ1n) is 10.9. The number of hydrogen-bond donors (Lipinski definition) is 1. The number of carbonyl (C=O) groups excluding carboxylic acids is 1. The summed E-state index contributed by atoms with van der Waals surface area (Å²) in [5, 5.41) is 0. The molecular weight excluding hydrogens is 414 g/mol. The van der Waals surface area contributed by atoms with E-state index in [9.17, 15) is 4.79 Å². The van der Waals surface area contributed by atoms with E-state index in [1.54, 1.807) is 6.33 Å². The minimum atomic E-state index is -0.497. The van der Waals surface area contributed by atoms with Crippen molar-refractivity contribution in [2.75, 3.05) is 10.6 Å². The largest absolute Gasteiger partial charge is 0.382 e.